The van der Waals surface area contributed by atoms with Gasteiger partial charge in [-0.3, -0.25) is 9.80 Å². The number of nitriles is 1. The maximum Gasteiger partial charge on any atom is 0.117 e. The third-order valence-corrected chi connectivity index (χ3v) is 3.93. The highest BCUT2D eigenvalue weighted by molar-refractivity contribution is 4.98. The van der Waals surface area contributed by atoms with Crippen LogP contribution >= 0.6 is 0 Å². The summed E-state index contributed by atoms with van der Waals surface area (Å²) < 4.78 is 11.1. The molecular formula is C17H27N3O3. The molecule has 6 nitrogen and oxygen atoms in total. The van der Waals surface area contributed by atoms with Crippen molar-refractivity contribution < 1.29 is 14.3 Å². The molecule has 1 aliphatic heterocycles. The van der Waals surface area contributed by atoms with E-state index >= 15 is 0 Å². The predicted octanol–water partition coefficient (Wildman–Crippen LogP) is 1.47. The molecule has 3 unspecified atom stereocenters. The number of ether oxygens (including phenoxy) is 1. The Bertz CT molecular complexity index is 476. The van der Waals surface area contributed by atoms with Crippen molar-refractivity contribution >= 4 is 0 Å². The van der Waals surface area contributed by atoms with Gasteiger partial charge in [-0.1, -0.05) is 0 Å². The maximum atomic E-state index is 10.4. The molecule has 23 heavy (non-hydrogen) atoms. The van der Waals surface area contributed by atoms with E-state index in [4.69, 9.17) is 14.4 Å². The molecule has 1 N–H and O–H groups in total. The fourth-order valence-corrected chi connectivity index (χ4v) is 3.15. The fraction of sp³-hybridized carbons (Fsp3) is 0.706. The first-order chi connectivity index (χ1) is 11.1. The molecule has 0 saturated carbocycles. The van der Waals surface area contributed by atoms with Gasteiger partial charge >= 0.3 is 0 Å². The molecule has 1 fully saturated rings. The minimum absolute atomic E-state index is 0.198. The normalized spacial score (nSPS) is 23.8. The van der Waals surface area contributed by atoms with Crippen LogP contribution in [-0.2, 0) is 11.3 Å². The van der Waals surface area contributed by atoms with Crippen LogP contribution in [0, 0.1) is 11.3 Å². The van der Waals surface area contributed by atoms with E-state index in [0.717, 1.165) is 18.8 Å². The van der Waals surface area contributed by atoms with Crippen LogP contribution in [-0.4, -0.2) is 65.9 Å². The number of hydrogen-bond acceptors (Lipinski definition) is 6. The highest BCUT2D eigenvalue weighted by Gasteiger charge is 2.24. The van der Waals surface area contributed by atoms with Crippen molar-refractivity contribution in [2.75, 3.05) is 32.7 Å². The Labute approximate surface area is 138 Å². The molecule has 0 amide bonds. The number of aliphatic hydroxyl groups is 1. The second-order valence-electron chi connectivity index (χ2n) is 6.35. The second kappa shape index (κ2) is 9.04. The van der Waals surface area contributed by atoms with Crippen LogP contribution in [0.25, 0.3) is 0 Å². The number of nitrogens with zero attached hydrogens (tertiary/aromatic N) is 3. The molecule has 3 atom stereocenters. The molecule has 6 heteroatoms. The molecule has 128 valence electrons. The lowest BCUT2D eigenvalue weighted by Crippen LogP contribution is -2.49. The van der Waals surface area contributed by atoms with Crippen LogP contribution in [0.15, 0.2) is 22.8 Å². The first-order valence-corrected chi connectivity index (χ1v) is 8.24. The molecule has 1 aliphatic rings. The van der Waals surface area contributed by atoms with Gasteiger partial charge < -0.3 is 14.3 Å². The molecule has 0 aliphatic carbocycles. The van der Waals surface area contributed by atoms with Gasteiger partial charge in [-0.25, -0.2) is 0 Å². The van der Waals surface area contributed by atoms with Gasteiger partial charge in [0, 0.05) is 39.1 Å². The van der Waals surface area contributed by atoms with Crippen molar-refractivity contribution in [3.05, 3.63) is 24.2 Å². The Morgan fingerprint density at radius 2 is 2.17 bits per heavy atom. The summed E-state index contributed by atoms with van der Waals surface area (Å²) in [4.78, 5) is 4.32. The monoisotopic (exact) mass is 321 g/mol. The Kier molecular flexibility index (Phi) is 7.06. The number of furan rings is 1. The minimum Gasteiger partial charge on any atom is -0.468 e. The third kappa shape index (κ3) is 6.32. The molecule has 0 aromatic carbocycles. The summed E-state index contributed by atoms with van der Waals surface area (Å²) in [6.45, 7) is 8.21. The van der Waals surface area contributed by atoms with Crippen molar-refractivity contribution in [3.8, 4) is 6.07 Å². The van der Waals surface area contributed by atoms with E-state index in [2.05, 4.69) is 29.7 Å². The van der Waals surface area contributed by atoms with E-state index in [9.17, 15) is 5.11 Å². The average molecular weight is 321 g/mol. The molecule has 1 aromatic heterocycles. The van der Waals surface area contributed by atoms with Gasteiger partial charge in [0.1, 0.15) is 5.76 Å². The standard InChI is InChI=1S/C17H27N3O3/c1-14-9-20(10-15(2)23-14)12-16(21)11-19(7-4-6-18)13-17-5-3-8-22-17/h3,5,8,14-16,21H,4,7,9-13H2,1-2H3. The number of morpholine rings is 1. The molecule has 0 radical (unpaired) electrons. The quantitative estimate of drug-likeness (QED) is 0.781. The average Bonchev–Trinajstić information content (AvgIpc) is 2.96. The van der Waals surface area contributed by atoms with Crippen LogP contribution in [0.3, 0.4) is 0 Å². The van der Waals surface area contributed by atoms with E-state index in [1.165, 1.54) is 0 Å². The topological polar surface area (TPSA) is 72.9 Å². The van der Waals surface area contributed by atoms with Crippen molar-refractivity contribution in [2.24, 2.45) is 0 Å². The van der Waals surface area contributed by atoms with Gasteiger partial charge in [-0.2, -0.15) is 5.26 Å². The summed E-state index contributed by atoms with van der Waals surface area (Å²) >= 11 is 0. The summed E-state index contributed by atoms with van der Waals surface area (Å²) in [5.41, 5.74) is 0. The smallest absolute Gasteiger partial charge is 0.117 e. The van der Waals surface area contributed by atoms with Gasteiger partial charge in [-0.05, 0) is 26.0 Å². The number of β-amino-alcohol motifs (C(OH)–C–C–N with tert-alkyl or cyclic N) is 1. The van der Waals surface area contributed by atoms with Gasteiger partial charge in [0.05, 0.1) is 37.2 Å². The van der Waals surface area contributed by atoms with E-state index < -0.39 is 6.10 Å². The van der Waals surface area contributed by atoms with Crippen molar-refractivity contribution in [1.29, 1.82) is 5.26 Å². The van der Waals surface area contributed by atoms with Crippen LogP contribution in [0.4, 0.5) is 0 Å². The Hall–Kier alpha value is -1.39. The highest BCUT2D eigenvalue weighted by Crippen LogP contribution is 2.12. The summed E-state index contributed by atoms with van der Waals surface area (Å²) in [6, 6.07) is 5.93. The molecular weight excluding hydrogens is 294 g/mol. The molecule has 2 rings (SSSR count). The summed E-state index contributed by atoms with van der Waals surface area (Å²) in [7, 11) is 0. The minimum atomic E-state index is -0.457. The first-order valence-electron chi connectivity index (χ1n) is 8.24. The number of hydrogen-bond donors (Lipinski definition) is 1. The van der Waals surface area contributed by atoms with Crippen molar-refractivity contribution in [3.63, 3.8) is 0 Å². The molecule has 0 spiro atoms. The number of aliphatic hydroxyl groups excluding tert-OH is 1. The second-order valence-corrected chi connectivity index (χ2v) is 6.35. The van der Waals surface area contributed by atoms with Gasteiger partial charge in [0.15, 0.2) is 0 Å². The van der Waals surface area contributed by atoms with Crippen LogP contribution in [0.2, 0.25) is 0 Å². The zero-order valence-electron chi connectivity index (χ0n) is 14.0. The van der Waals surface area contributed by atoms with Gasteiger partial charge in [0.2, 0.25) is 0 Å². The van der Waals surface area contributed by atoms with E-state index in [0.29, 0.717) is 32.6 Å². The Balaban J connectivity index is 1.83. The summed E-state index contributed by atoms with van der Waals surface area (Å²) in [5.74, 6) is 0.851. The molecule has 0 bridgehead atoms. The van der Waals surface area contributed by atoms with E-state index in [-0.39, 0.29) is 12.2 Å². The molecule has 1 aromatic rings. The predicted molar refractivity (Wildman–Crippen MR) is 86.7 cm³/mol. The van der Waals surface area contributed by atoms with Crippen LogP contribution in [0.1, 0.15) is 26.0 Å². The third-order valence-electron chi connectivity index (χ3n) is 3.93. The molecule has 1 saturated heterocycles. The zero-order chi connectivity index (χ0) is 16.7. The Morgan fingerprint density at radius 1 is 1.43 bits per heavy atom. The van der Waals surface area contributed by atoms with Crippen LogP contribution in [0.5, 0.6) is 0 Å². The molecule has 2 heterocycles. The van der Waals surface area contributed by atoms with E-state index in [1.807, 2.05) is 12.1 Å². The van der Waals surface area contributed by atoms with Gasteiger partial charge in [0.25, 0.3) is 0 Å². The number of rotatable bonds is 8. The first kappa shape index (κ1) is 18.0. The lowest BCUT2D eigenvalue weighted by Gasteiger charge is -2.37. The lowest BCUT2D eigenvalue weighted by atomic mass is 10.2. The summed E-state index contributed by atoms with van der Waals surface area (Å²) in [6.07, 6.45) is 2.03. The summed E-state index contributed by atoms with van der Waals surface area (Å²) in [5, 5.41) is 19.2. The van der Waals surface area contributed by atoms with Crippen molar-refractivity contribution in [2.45, 2.75) is 45.1 Å². The fourth-order valence-electron chi connectivity index (χ4n) is 3.15. The Morgan fingerprint density at radius 3 is 2.78 bits per heavy atom. The highest BCUT2D eigenvalue weighted by atomic mass is 16.5. The maximum absolute atomic E-state index is 10.4. The van der Waals surface area contributed by atoms with E-state index in [1.54, 1.807) is 6.26 Å². The van der Waals surface area contributed by atoms with Gasteiger partial charge in [-0.15, -0.1) is 0 Å². The lowest BCUT2D eigenvalue weighted by molar-refractivity contribution is -0.0781. The van der Waals surface area contributed by atoms with Crippen molar-refractivity contribution in [1.82, 2.24) is 9.80 Å². The SMILES string of the molecule is CC1CN(CC(O)CN(CCC#N)Cc2ccco2)CC(C)O1. The largest absolute Gasteiger partial charge is 0.468 e. The van der Waals surface area contributed by atoms with Crippen LogP contribution < -0.4 is 0 Å². The zero-order valence-corrected chi connectivity index (χ0v) is 14.0.